The largest absolute Gasteiger partial charge is 0.499 e. The molecule has 0 aliphatic carbocycles. The van der Waals surface area contributed by atoms with Crippen LogP contribution in [0.2, 0.25) is 0 Å². The Morgan fingerprint density at radius 3 is 1.84 bits per heavy atom. The first-order valence-corrected chi connectivity index (χ1v) is 19.5. The van der Waals surface area contributed by atoms with E-state index in [1.165, 1.54) is 121 Å². The van der Waals surface area contributed by atoms with Gasteiger partial charge in [0.15, 0.2) is 0 Å². The Labute approximate surface area is 281 Å². The van der Waals surface area contributed by atoms with Crippen molar-refractivity contribution in [1.82, 2.24) is 4.90 Å². The molecule has 0 aromatic carbocycles. The minimum Gasteiger partial charge on any atom is -0.499 e. The van der Waals surface area contributed by atoms with Gasteiger partial charge in [0.1, 0.15) is 6.04 Å². The Bertz CT molecular complexity index is 682. The molecule has 0 aliphatic heterocycles. The van der Waals surface area contributed by atoms with Crippen LogP contribution in [0.5, 0.6) is 0 Å². The molecule has 0 saturated carbocycles. The molecule has 0 rings (SSSR count). The van der Waals surface area contributed by atoms with Gasteiger partial charge in [0.2, 0.25) is 0 Å². The summed E-state index contributed by atoms with van der Waals surface area (Å²) in [6.45, 7) is 17.2. The summed E-state index contributed by atoms with van der Waals surface area (Å²) >= 11 is 0. The van der Waals surface area contributed by atoms with Gasteiger partial charge in [-0.05, 0) is 57.9 Å². The maximum atomic E-state index is 11.5. The molecular formula is C40H78N2O3. The summed E-state index contributed by atoms with van der Waals surface area (Å²) in [4.78, 5) is 13.5. The van der Waals surface area contributed by atoms with Crippen LogP contribution in [-0.2, 0) is 4.74 Å². The summed E-state index contributed by atoms with van der Waals surface area (Å²) in [5, 5.41) is 13.9. The Hall–Kier alpha value is -1.20. The highest BCUT2D eigenvalue weighted by molar-refractivity contribution is 4.95. The number of hydrogen-bond acceptors (Lipinski definition) is 5. The number of likely N-dealkylation sites (N-methyl/N-ethyl adjacent to an activating group) is 1. The van der Waals surface area contributed by atoms with Crippen LogP contribution in [0.4, 0.5) is 0 Å². The quantitative estimate of drug-likeness (QED) is 0.0322. The monoisotopic (exact) mass is 635 g/mol. The number of allylic oxidation sites excluding steroid dienone is 2. The first-order valence-electron chi connectivity index (χ1n) is 19.5. The highest BCUT2D eigenvalue weighted by Crippen LogP contribution is 2.24. The van der Waals surface area contributed by atoms with Crippen molar-refractivity contribution in [3.8, 4) is 0 Å². The molecule has 0 aromatic rings. The predicted octanol–water partition coefficient (Wildman–Crippen LogP) is 12.3. The smallest absolute Gasteiger partial charge is 0.105 e. The van der Waals surface area contributed by atoms with Gasteiger partial charge < -0.3 is 14.7 Å². The predicted molar refractivity (Wildman–Crippen MR) is 198 cm³/mol. The molecule has 5 nitrogen and oxygen atoms in total. The standard InChI is InChI=1S/C40H78N2O3/c1-7-10-12-14-16-17-18-20-25-32-45-37(5)28-26-30-39(41-44)34-42(6)35-40(43)31-24-21-22-27-36(4)33-38(9-3)29-23-19-15-13-11-8-2/h38-40,43H,4-5,7-35H2,1-3,6H3. The summed E-state index contributed by atoms with van der Waals surface area (Å²) in [6.07, 6.45) is 31.1. The van der Waals surface area contributed by atoms with Crippen molar-refractivity contribution < 1.29 is 9.84 Å². The van der Waals surface area contributed by atoms with Crippen LogP contribution in [0.25, 0.3) is 0 Å². The molecule has 0 spiro atoms. The molecule has 45 heavy (non-hydrogen) atoms. The van der Waals surface area contributed by atoms with Crippen LogP contribution in [0.3, 0.4) is 0 Å². The third-order valence-corrected chi connectivity index (χ3v) is 9.43. The lowest BCUT2D eigenvalue weighted by Gasteiger charge is -2.22. The number of rotatable bonds is 36. The van der Waals surface area contributed by atoms with E-state index in [1.54, 1.807) is 0 Å². The molecule has 1 N–H and O–H groups in total. The fraction of sp³-hybridized carbons (Fsp3) is 0.900. The maximum absolute atomic E-state index is 11.5. The number of nitroso groups, excluding NO2 is 1. The van der Waals surface area contributed by atoms with Crippen LogP contribution in [-0.4, -0.2) is 48.9 Å². The van der Waals surface area contributed by atoms with E-state index in [4.69, 9.17) is 4.74 Å². The summed E-state index contributed by atoms with van der Waals surface area (Å²) in [5.41, 5.74) is 1.41. The third-order valence-electron chi connectivity index (χ3n) is 9.43. The number of aliphatic hydroxyl groups is 1. The second-order valence-corrected chi connectivity index (χ2v) is 14.1. The van der Waals surface area contributed by atoms with Crippen molar-refractivity contribution in [2.24, 2.45) is 11.1 Å². The first-order chi connectivity index (χ1) is 21.9. The first kappa shape index (κ1) is 43.8. The number of nitrogens with zero attached hydrogens (tertiary/aromatic N) is 2. The second-order valence-electron chi connectivity index (χ2n) is 14.1. The molecule has 0 amide bonds. The molecule has 3 unspecified atom stereocenters. The Morgan fingerprint density at radius 2 is 1.24 bits per heavy atom. The van der Waals surface area contributed by atoms with Gasteiger partial charge in [-0.15, -0.1) is 0 Å². The van der Waals surface area contributed by atoms with E-state index < -0.39 is 0 Å². The number of hydrogen-bond donors (Lipinski definition) is 1. The van der Waals surface area contributed by atoms with E-state index in [-0.39, 0.29) is 12.1 Å². The van der Waals surface area contributed by atoms with Gasteiger partial charge in [0, 0.05) is 19.5 Å². The van der Waals surface area contributed by atoms with E-state index in [1.807, 2.05) is 7.05 Å². The van der Waals surface area contributed by atoms with Crippen LogP contribution in [0.15, 0.2) is 29.7 Å². The van der Waals surface area contributed by atoms with Gasteiger partial charge in [-0.1, -0.05) is 160 Å². The van der Waals surface area contributed by atoms with Crippen LogP contribution < -0.4 is 0 Å². The molecule has 0 heterocycles. The van der Waals surface area contributed by atoms with Gasteiger partial charge in [-0.2, -0.15) is 4.91 Å². The molecule has 0 aromatic heterocycles. The third kappa shape index (κ3) is 29.9. The zero-order chi connectivity index (χ0) is 33.4. The average molecular weight is 635 g/mol. The van der Waals surface area contributed by atoms with Crippen molar-refractivity contribution in [2.75, 3.05) is 26.7 Å². The van der Waals surface area contributed by atoms with Crippen LogP contribution >= 0.6 is 0 Å². The van der Waals surface area contributed by atoms with E-state index >= 15 is 0 Å². The van der Waals surface area contributed by atoms with Crippen molar-refractivity contribution >= 4 is 0 Å². The van der Waals surface area contributed by atoms with Crippen molar-refractivity contribution in [2.45, 2.75) is 200 Å². The summed E-state index contributed by atoms with van der Waals surface area (Å²) in [7, 11) is 1.98. The van der Waals surface area contributed by atoms with Gasteiger partial charge in [0.25, 0.3) is 0 Å². The lowest BCUT2D eigenvalue weighted by Crippen LogP contribution is -2.34. The van der Waals surface area contributed by atoms with E-state index in [9.17, 15) is 10.0 Å². The van der Waals surface area contributed by atoms with Gasteiger partial charge in [-0.25, -0.2) is 0 Å². The van der Waals surface area contributed by atoms with E-state index in [2.05, 4.69) is 44.0 Å². The second kappa shape index (κ2) is 32.7. The van der Waals surface area contributed by atoms with Crippen molar-refractivity contribution in [1.29, 1.82) is 0 Å². The molecular weight excluding hydrogens is 556 g/mol. The van der Waals surface area contributed by atoms with E-state index in [0.29, 0.717) is 13.1 Å². The van der Waals surface area contributed by atoms with E-state index in [0.717, 1.165) is 69.7 Å². The van der Waals surface area contributed by atoms with Crippen LogP contribution in [0.1, 0.15) is 188 Å². The molecule has 0 saturated heterocycles. The van der Waals surface area contributed by atoms with Gasteiger partial charge >= 0.3 is 0 Å². The Morgan fingerprint density at radius 1 is 0.689 bits per heavy atom. The topological polar surface area (TPSA) is 62.1 Å². The van der Waals surface area contributed by atoms with Crippen LogP contribution in [0, 0.1) is 10.8 Å². The lowest BCUT2D eigenvalue weighted by molar-refractivity contribution is 0.112. The average Bonchev–Trinajstić information content (AvgIpc) is 3.02. The fourth-order valence-corrected chi connectivity index (χ4v) is 6.40. The summed E-state index contributed by atoms with van der Waals surface area (Å²) < 4.78 is 5.82. The summed E-state index contributed by atoms with van der Waals surface area (Å²) in [6, 6.07) is -0.258. The minimum absolute atomic E-state index is 0.258. The number of ether oxygens (including phenoxy) is 1. The normalized spacial score (nSPS) is 13.6. The molecule has 3 atom stereocenters. The maximum Gasteiger partial charge on any atom is 0.105 e. The molecule has 5 heteroatoms. The highest BCUT2D eigenvalue weighted by atomic mass is 16.5. The minimum atomic E-state index is -0.360. The molecule has 0 aliphatic rings. The highest BCUT2D eigenvalue weighted by Gasteiger charge is 2.15. The molecule has 0 bridgehead atoms. The zero-order valence-corrected chi connectivity index (χ0v) is 30.8. The van der Waals surface area contributed by atoms with Gasteiger partial charge in [0.05, 0.1) is 18.5 Å². The fourth-order valence-electron chi connectivity index (χ4n) is 6.40. The SMILES string of the molecule is C=C(CCCCCC(O)CN(C)CC(CCCC(=C)OCCCCCCCCCCC)N=O)CC(CC)CCCCCCCC. The molecule has 266 valence electrons. The molecule has 0 radical (unpaired) electrons. The zero-order valence-electron chi connectivity index (χ0n) is 30.8. The Balaban J connectivity index is 3.86. The number of unbranched alkanes of at least 4 members (excludes halogenated alkanes) is 15. The molecule has 0 fully saturated rings. The van der Waals surface area contributed by atoms with Crippen molar-refractivity contribution in [3.05, 3.63) is 29.4 Å². The summed E-state index contributed by atoms with van der Waals surface area (Å²) in [5.74, 6) is 1.62. The number of aliphatic hydroxyl groups excluding tert-OH is 1. The van der Waals surface area contributed by atoms with Crippen molar-refractivity contribution in [3.63, 3.8) is 0 Å². The van der Waals surface area contributed by atoms with Gasteiger partial charge in [-0.3, -0.25) is 0 Å². The lowest BCUT2D eigenvalue weighted by atomic mass is 9.90. The Kier molecular flexibility index (Phi) is 31.9.